The molecule has 1 amide bonds. The van der Waals surface area contributed by atoms with Crippen LogP contribution in [-0.4, -0.2) is 39.8 Å². The standard InChI is InChI=1S/C18H21N3O3/c1-2-6-14-11-16(20-24-14)18(23)21-10-5-7-13(12-21)17(22)15-8-3-4-9-19-15/h3-4,8-9,11,13H,2,5-7,10,12H2,1H3/t13-/m1/s1. The molecule has 1 atom stereocenters. The van der Waals surface area contributed by atoms with Gasteiger partial charge >= 0.3 is 0 Å². The minimum atomic E-state index is -0.209. The van der Waals surface area contributed by atoms with Crippen LogP contribution in [0.2, 0.25) is 0 Å². The van der Waals surface area contributed by atoms with Crippen LogP contribution in [0.4, 0.5) is 0 Å². The number of Topliss-reactive ketones (excluding diaryl/α,β-unsaturated/α-hetero) is 1. The number of rotatable bonds is 5. The second kappa shape index (κ2) is 7.38. The summed E-state index contributed by atoms with van der Waals surface area (Å²) in [4.78, 5) is 31.0. The lowest BCUT2D eigenvalue weighted by molar-refractivity contribution is 0.0627. The van der Waals surface area contributed by atoms with E-state index in [9.17, 15) is 9.59 Å². The van der Waals surface area contributed by atoms with Crippen LogP contribution in [-0.2, 0) is 6.42 Å². The lowest BCUT2D eigenvalue weighted by Gasteiger charge is -2.31. The highest BCUT2D eigenvalue weighted by molar-refractivity contribution is 5.97. The number of hydrogen-bond donors (Lipinski definition) is 0. The van der Waals surface area contributed by atoms with Gasteiger partial charge in [-0.2, -0.15) is 0 Å². The molecule has 0 radical (unpaired) electrons. The van der Waals surface area contributed by atoms with Gasteiger partial charge in [-0.25, -0.2) is 0 Å². The number of likely N-dealkylation sites (tertiary alicyclic amines) is 1. The third-order valence-electron chi connectivity index (χ3n) is 4.27. The van der Waals surface area contributed by atoms with Crippen molar-refractivity contribution in [3.05, 3.63) is 47.6 Å². The molecule has 24 heavy (non-hydrogen) atoms. The fourth-order valence-electron chi connectivity index (χ4n) is 3.03. The highest BCUT2D eigenvalue weighted by atomic mass is 16.5. The number of aromatic nitrogens is 2. The second-order valence-corrected chi connectivity index (χ2v) is 6.10. The van der Waals surface area contributed by atoms with Crippen LogP contribution >= 0.6 is 0 Å². The molecule has 0 N–H and O–H groups in total. The van der Waals surface area contributed by atoms with E-state index in [1.54, 1.807) is 35.4 Å². The van der Waals surface area contributed by atoms with Crippen molar-refractivity contribution in [2.45, 2.75) is 32.6 Å². The van der Waals surface area contributed by atoms with Gasteiger partial charge in [0.05, 0.1) is 0 Å². The number of ketones is 1. The Balaban J connectivity index is 1.68. The van der Waals surface area contributed by atoms with Gasteiger partial charge in [-0.05, 0) is 31.4 Å². The number of carbonyl (C=O) groups is 2. The SMILES string of the molecule is CCCc1cc(C(=O)N2CCC[C@@H](C(=O)c3ccccn3)C2)no1. The largest absolute Gasteiger partial charge is 0.361 e. The summed E-state index contributed by atoms with van der Waals surface area (Å²) in [5.41, 5.74) is 0.785. The van der Waals surface area contributed by atoms with Crippen molar-refractivity contribution in [1.29, 1.82) is 0 Å². The number of piperidine rings is 1. The average molecular weight is 327 g/mol. The molecule has 1 fully saturated rings. The molecule has 3 rings (SSSR count). The summed E-state index contributed by atoms with van der Waals surface area (Å²) in [6, 6.07) is 7.01. The summed E-state index contributed by atoms with van der Waals surface area (Å²) < 4.78 is 5.19. The molecular formula is C18H21N3O3. The topological polar surface area (TPSA) is 76.3 Å². The second-order valence-electron chi connectivity index (χ2n) is 6.10. The van der Waals surface area contributed by atoms with Crippen molar-refractivity contribution in [1.82, 2.24) is 15.0 Å². The van der Waals surface area contributed by atoms with Crippen LogP contribution in [0.1, 0.15) is 52.9 Å². The van der Waals surface area contributed by atoms with E-state index in [0.29, 0.717) is 24.5 Å². The molecule has 126 valence electrons. The van der Waals surface area contributed by atoms with Crippen molar-refractivity contribution in [2.24, 2.45) is 5.92 Å². The molecule has 0 bridgehead atoms. The predicted molar refractivity (Wildman–Crippen MR) is 87.7 cm³/mol. The molecule has 6 heteroatoms. The van der Waals surface area contributed by atoms with Gasteiger partial charge in [-0.15, -0.1) is 0 Å². The normalized spacial score (nSPS) is 17.7. The number of nitrogens with zero attached hydrogens (tertiary/aromatic N) is 3. The van der Waals surface area contributed by atoms with Crippen molar-refractivity contribution < 1.29 is 14.1 Å². The first-order valence-electron chi connectivity index (χ1n) is 8.39. The van der Waals surface area contributed by atoms with Gasteiger partial charge in [0, 0.05) is 37.7 Å². The maximum absolute atomic E-state index is 12.6. The van der Waals surface area contributed by atoms with E-state index in [1.165, 1.54) is 0 Å². The van der Waals surface area contributed by atoms with E-state index >= 15 is 0 Å². The van der Waals surface area contributed by atoms with Gasteiger partial charge < -0.3 is 9.42 Å². The number of carbonyl (C=O) groups excluding carboxylic acids is 2. The van der Waals surface area contributed by atoms with Gasteiger partial charge in [0.2, 0.25) is 0 Å². The average Bonchev–Trinajstić information content (AvgIpc) is 3.10. The van der Waals surface area contributed by atoms with Crippen LogP contribution < -0.4 is 0 Å². The molecule has 1 aliphatic rings. The Hall–Kier alpha value is -2.50. The number of aryl methyl sites for hydroxylation is 1. The molecule has 0 saturated carbocycles. The Morgan fingerprint density at radius 3 is 2.96 bits per heavy atom. The van der Waals surface area contributed by atoms with E-state index in [4.69, 9.17) is 4.52 Å². The van der Waals surface area contributed by atoms with Crippen LogP contribution in [0.3, 0.4) is 0 Å². The third kappa shape index (κ3) is 3.53. The minimum absolute atomic E-state index is 0.0000696. The van der Waals surface area contributed by atoms with Crippen molar-refractivity contribution in [3.8, 4) is 0 Å². The molecule has 1 saturated heterocycles. The predicted octanol–water partition coefficient (Wildman–Crippen LogP) is 2.76. The van der Waals surface area contributed by atoms with Crippen LogP contribution in [0.25, 0.3) is 0 Å². The van der Waals surface area contributed by atoms with Crippen LogP contribution in [0.5, 0.6) is 0 Å². The molecule has 0 unspecified atom stereocenters. The summed E-state index contributed by atoms with van der Waals surface area (Å²) in [5.74, 6) is 0.345. The zero-order chi connectivity index (χ0) is 16.9. The summed E-state index contributed by atoms with van der Waals surface area (Å²) in [7, 11) is 0. The first-order valence-corrected chi connectivity index (χ1v) is 8.39. The van der Waals surface area contributed by atoms with E-state index in [2.05, 4.69) is 10.1 Å². The summed E-state index contributed by atoms with van der Waals surface area (Å²) in [6.45, 7) is 3.09. The highest BCUT2D eigenvalue weighted by Gasteiger charge is 2.31. The highest BCUT2D eigenvalue weighted by Crippen LogP contribution is 2.22. The number of amides is 1. The molecule has 0 spiro atoms. The van der Waals surface area contributed by atoms with Crippen molar-refractivity contribution in [3.63, 3.8) is 0 Å². The first kappa shape index (κ1) is 16.4. The van der Waals surface area contributed by atoms with Gasteiger partial charge in [0.1, 0.15) is 11.5 Å². The Labute approximate surface area is 140 Å². The fraction of sp³-hybridized carbons (Fsp3) is 0.444. The van der Waals surface area contributed by atoms with Crippen LogP contribution in [0.15, 0.2) is 35.0 Å². The van der Waals surface area contributed by atoms with Gasteiger partial charge in [-0.1, -0.05) is 18.1 Å². The monoisotopic (exact) mass is 327 g/mol. The van der Waals surface area contributed by atoms with Gasteiger partial charge in [0.25, 0.3) is 5.91 Å². The van der Waals surface area contributed by atoms with Crippen molar-refractivity contribution >= 4 is 11.7 Å². The Kier molecular flexibility index (Phi) is 5.03. The molecule has 2 aromatic rings. The maximum Gasteiger partial charge on any atom is 0.276 e. The summed E-state index contributed by atoms with van der Waals surface area (Å²) >= 11 is 0. The molecule has 0 aliphatic carbocycles. The quantitative estimate of drug-likeness (QED) is 0.789. The Morgan fingerprint density at radius 1 is 1.33 bits per heavy atom. The lowest BCUT2D eigenvalue weighted by Crippen LogP contribution is -2.42. The third-order valence-corrected chi connectivity index (χ3v) is 4.27. The molecule has 0 aromatic carbocycles. The summed E-state index contributed by atoms with van der Waals surface area (Å²) in [5, 5.41) is 3.87. The molecule has 3 heterocycles. The number of pyridine rings is 1. The Morgan fingerprint density at radius 2 is 2.21 bits per heavy atom. The van der Waals surface area contributed by atoms with Crippen molar-refractivity contribution in [2.75, 3.05) is 13.1 Å². The smallest absolute Gasteiger partial charge is 0.276 e. The molecule has 1 aliphatic heterocycles. The molecule has 2 aromatic heterocycles. The fourth-order valence-corrected chi connectivity index (χ4v) is 3.03. The van der Waals surface area contributed by atoms with E-state index in [1.807, 2.05) is 6.92 Å². The molecule has 6 nitrogen and oxygen atoms in total. The Bertz CT molecular complexity index is 711. The van der Waals surface area contributed by atoms with Gasteiger partial charge in [-0.3, -0.25) is 14.6 Å². The number of hydrogen-bond acceptors (Lipinski definition) is 5. The van der Waals surface area contributed by atoms with E-state index in [-0.39, 0.29) is 17.6 Å². The van der Waals surface area contributed by atoms with E-state index in [0.717, 1.165) is 31.4 Å². The first-order chi connectivity index (χ1) is 11.7. The molecular weight excluding hydrogens is 306 g/mol. The zero-order valence-corrected chi connectivity index (χ0v) is 13.8. The zero-order valence-electron chi connectivity index (χ0n) is 13.8. The summed E-state index contributed by atoms with van der Waals surface area (Å²) in [6.07, 6.45) is 4.89. The minimum Gasteiger partial charge on any atom is -0.361 e. The van der Waals surface area contributed by atoms with Gasteiger partial charge in [0.15, 0.2) is 11.5 Å². The van der Waals surface area contributed by atoms with Crippen LogP contribution in [0, 0.1) is 5.92 Å². The maximum atomic E-state index is 12.6. The lowest BCUT2D eigenvalue weighted by atomic mass is 9.91. The van der Waals surface area contributed by atoms with E-state index < -0.39 is 0 Å².